The second kappa shape index (κ2) is 7.66. The minimum absolute atomic E-state index is 0.174. The number of hydrogen-bond acceptors (Lipinski definition) is 5. The lowest BCUT2D eigenvalue weighted by Crippen LogP contribution is -2.20. The lowest BCUT2D eigenvalue weighted by Gasteiger charge is -2.19. The normalized spacial score (nSPS) is 20.0. The highest BCUT2D eigenvalue weighted by Crippen LogP contribution is 2.33. The molecule has 0 saturated heterocycles. The Bertz CT molecular complexity index is 799. The number of benzene rings is 1. The van der Waals surface area contributed by atoms with E-state index in [1.807, 2.05) is 0 Å². The Balaban J connectivity index is 2.05. The van der Waals surface area contributed by atoms with Crippen molar-refractivity contribution in [2.24, 2.45) is 0 Å². The van der Waals surface area contributed by atoms with E-state index < -0.39 is 11.8 Å². The number of nitrogens with zero attached hydrogens (tertiary/aromatic N) is 1. The van der Waals surface area contributed by atoms with Crippen LogP contribution in [-0.2, 0) is 9.47 Å². The first-order chi connectivity index (χ1) is 12.0. The molecule has 0 spiro atoms. The first-order valence-electron chi connectivity index (χ1n) is 8.27. The van der Waals surface area contributed by atoms with Crippen molar-refractivity contribution in [2.45, 2.75) is 38.3 Å². The van der Waals surface area contributed by atoms with Crippen LogP contribution < -0.4 is 5.32 Å². The molecule has 0 amide bonds. The van der Waals surface area contributed by atoms with E-state index >= 15 is 0 Å². The van der Waals surface area contributed by atoms with Gasteiger partial charge in [-0.2, -0.15) is 0 Å². The molecule has 0 unspecified atom stereocenters. The zero-order valence-electron chi connectivity index (χ0n) is 14.1. The standard InChI is InChI=1S/C18H20BrFN2O3/c1-3-25-18(23)13-9-21-16-8-15(20)14(19)7-12(16)17(13)22-10-4-5-11(6-10)24-2/h7-11H,3-6H2,1-2H3,(H,21,22)/t10-,11-/m1/s1. The molecule has 0 radical (unpaired) electrons. The fourth-order valence-electron chi connectivity index (χ4n) is 3.20. The average Bonchev–Trinajstić information content (AvgIpc) is 3.04. The van der Waals surface area contributed by atoms with Crippen LogP contribution in [0.5, 0.6) is 0 Å². The molecule has 1 aliphatic carbocycles. The van der Waals surface area contributed by atoms with E-state index in [1.165, 1.54) is 12.3 Å². The van der Waals surface area contributed by atoms with Crippen molar-refractivity contribution in [1.82, 2.24) is 4.98 Å². The van der Waals surface area contributed by atoms with Gasteiger partial charge in [-0.3, -0.25) is 4.98 Å². The largest absolute Gasteiger partial charge is 0.462 e. The van der Waals surface area contributed by atoms with Crippen molar-refractivity contribution in [3.8, 4) is 0 Å². The van der Waals surface area contributed by atoms with Gasteiger partial charge in [-0.15, -0.1) is 0 Å². The third-order valence-electron chi connectivity index (χ3n) is 4.47. The Hall–Kier alpha value is -1.73. The number of hydrogen-bond donors (Lipinski definition) is 1. The van der Waals surface area contributed by atoms with E-state index in [2.05, 4.69) is 26.2 Å². The van der Waals surface area contributed by atoms with Gasteiger partial charge in [0.15, 0.2) is 0 Å². The van der Waals surface area contributed by atoms with E-state index in [0.29, 0.717) is 26.6 Å². The number of nitrogens with one attached hydrogen (secondary N) is 1. The zero-order chi connectivity index (χ0) is 18.0. The molecule has 2 aromatic rings. The number of rotatable bonds is 5. The fourth-order valence-corrected chi connectivity index (χ4v) is 3.54. The molecule has 2 atom stereocenters. The molecule has 134 valence electrons. The Morgan fingerprint density at radius 3 is 2.92 bits per heavy atom. The molecular formula is C18H20BrFN2O3. The Morgan fingerprint density at radius 2 is 2.24 bits per heavy atom. The number of pyridine rings is 1. The third kappa shape index (κ3) is 3.77. The number of fused-ring (bicyclic) bond motifs is 1. The van der Waals surface area contributed by atoms with Gasteiger partial charge in [0.1, 0.15) is 11.4 Å². The van der Waals surface area contributed by atoms with Crippen molar-refractivity contribution >= 4 is 38.5 Å². The highest BCUT2D eigenvalue weighted by Gasteiger charge is 2.27. The number of ether oxygens (including phenoxy) is 2. The maximum atomic E-state index is 13.8. The summed E-state index contributed by atoms with van der Waals surface area (Å²) in [6, 6.07) is 3.17. The van der Waals surface area contributed by atoms with E-state index in [-0.39, 0.29) is 18.8 Å². The molecular weight excluding hydrogens is 391 g/mol. The molecule has 1 N–H and O–H groups in total. The van der Waals surface area contributed by atoms with E-state index in [1.54, 1.807) is 20.1 Å². The summed E-state index contributed by atoms with van der Waals surface area (Å²) in [5.74, 6) is -0.837. The molecule has 3 rings (SSSR count). The second-order valence-electron chi connectivity index (χ2n) is 6.06. The lowest BCUT2D eigenvalue weighted by atomic mass is 10.1. The molecule has 25 heavy (non-hydrogen) atoms. The van der Waals surface area contributed by atoms with E-state index in [0.717, 1.165) is 19.3 Å². The predicted molar refractivity (Wildman–Crippen MR) is 97.4 cm³/mol. The van der Waals surface area contributed by atoms with Crippen LogP contribution in [0.25, 0.3) is 10.9 Å². The fraction of sp³-hybridized carbons (Fsp3) is 0.444. The van der Waals surface area contributed by atoms with Gasteiger partial charge in [-0.1, -0.05) is 0 Å². The number of halogens is 2. The topological polar surface area (TPSA) is 60.5 Å². The molecule has 1 aromatic carbocycles. The summed E-state index contributed by atoms with van der Waals surface area (Å²) in [4.78, 5) is 16.6. The molecule has 1 saturated carbocycles. The molecule has 5 nitrogen and oxygen atoms in total. The summed E-state index contributed by atoms with van der Waals surface area (Å²) in [5.41, 5.74) is 1.47. The molecule has 1 aromatic heterocycles. The molecule has 0 aliphatic heterocycles. The van der Waals surface area contributed by atoms with Gasteiger partial charge in [-0.25, -0.2) is 9.18 Å². The van der Waals surface area contributed by atoms with Crippen molar-refractivity contribution in [1.29, 1.82) is 0 Å². The number of carbonyl (C=O) groups is 1. The van der Waals surface area contributed by atoms with Crippen LogP contribution in [0, 0.1) is 5.82 Å². The van der Waals surface area contributed by atoms with Gasteiger partial charge in [0, 0.05) is 30.8 Å². The maximum Gasteiger partial charge on any atom is 0.341 e. The first-order valence-corrected chi connectivity index (χ1v) is 9.07. The average molecular weight is 411 g/mol. The monoisotopic (exact) mass is 410 g/mol. The maximum absolute atomic E-state index is 13.8. The molecule has 7 heteroatoms. The van der Waals surface area contributed by atoms with Crippen molar-refractivity contribution in [3.05, 3.63) is 34.2 Å². The van der Waals surface area contributed by atoms with Crippen LogP contribution in [0.2, 0.25) is 0 Å². The second-order valence-corrected chi connectivity index (χ2v) is 6.92. The highest BCUT2D eigenvalue weighted by atomic mass is 79.9. The van der Waals surface area contributed by atoms with Crippen LogP contribution in [0.4, 0.5) is 10.1 Å². The predicted octanol–water partition coefficient (Wildman–Crippen LogP) is 4.29. The minimum Gasteiger partial charge on any atom is -0.462 e. The smallest absolute Gasteiger partial charge is 0.341 e. The van der Waals surface area contributed by atoms with Gasteiger partial charge in [0.2, 0.25) is 0 Å². The van der Waals surface area contributed by atoms with Crippen molar-refractivity contribution in [3.63, 3.8) is 0 Å². The molecule has 1 fully saturated rings. The summed E-state index contributed by atoms with van der Waals surface area (Å²) >= 11 is 3.21. The number of anilines is 1. The van der Waals surface area contributed by atoms with Crippen LogP contribution in [0.3, 0.4) is 0 Å². The number of carbonyl (C=O) groups excluding carboxylic acids is 1. The summed E-state index contributed by atoms with van der Waals surface area (Å²) in [5, 5.41) is 4.12. The quantitative estimate of drug-likeness (QED) is 0.744. The number of aromatic nitrogens is 1. The SMILES string of the molecule is CCOC(=O)c1cnc2cc(F)c(Br)cc2c1N[C@@H]1CC[C@@H](OC)C1. The van der Waals surface area contributed by atoms with Crippen LogP contribution >= 0.6 is 15.9 Å². The Kier molecular flexibility index (Phi) is 5.54. The van der Waals surface area contributed by atoms with E-state index in [4.69, 9.17) is 9.47 Å². The van der Waals surface area contributed by atoms with Gasteiger partial charge < -0.3 is 14.8 Å². The summed E-state index contributed by atoms with van der Waals surface area (Å²) in [6.07, 6.45) is 4.40. The number of esters is 1. The summed E-state index contributed by atoms with van der Waals surface area (Å²) in [7, 11) is 1.71. The van der Waals surface area contributed by atoms with Gasteiger partial charge in [0.05, 0.1) is 28.4 Å². The lowest BCUT2D eigenvalue weighted by molar-refractivity contribution is 0.0527. The Labute approximate surface area is 154 Å². The summed E-state index contributed by atoms with van der Waals surface area (Å²) < 4.78 is 24.7. The molecule has 1 heterocycles. The number of methoxy groups -OCH3 is 1. The van der Waals surface area contributed by atoms with Crippen LogP contribution in [0.1, 0.15) is 36.5 Å². The Morgan fingerprint density at radius 1 is 1.44 bits per heavy atom. The van der Waals surface area contributed by atoms with Crippen molar-refractivity contribution in [2.75, 3.05) is 19.0 Å². The van der Waals surface area contributed by atoms with Crippen LogP contribution in [0.15, 0.2) is 22.8 Å². The van der Waals surface area contributed by atoms with Gasteiger partial charge in [-0.05, 0) is 48.2 Å². The van der Waals surface area contributed by atoms with Crippen LogP contribution in [-0.4, -0.2) is 36.8 Å². The molecule has 0 bridgehead atoms. The highest BCUT2D eigenvalue weighted by molar-refractivity contribution is 9.10. The minimum atomic E-state index is -0.443. The van der Waals surface area contributed by atoms with Gasteiger partial charge >= 0.3 is 5.97 Å². The molecule has 1 aliphatic rings. The third-order valence-corrected chi connectivity index (χ3v) is 5.08. The van der Waals surface area contributed by atoms with E-state index in [9.17, 15) is 9.18 Å². The van der Waals surface area contributed by atoms with Crippen molar-refractivity contribution < 1.29 is 18.7 Å². The zero-order valence-corrected chi connectivity index (χ0v) is 15.7. The first kappa shape index (κ1) is 18.1. The van der Waals surface area contributed by atoms with Gasteiger partial charge in [0.25, 0.3) is 0 Å². The summed E-state index contributed by atoms with van der Waals surface area (Å²) in [6.45, 7) is 2.03.